The van der Waals surface area contributed by atoms with Gasteiger partial charge in [0.15, 0.2) is 0 Å². The molecule has 0 fully saturated rings. The Morgan fingerprint density at radius 3 is 2.73 bits per heavy atom. The molecule has 0 saturated carbocycles. The average molecular weight is 262 g/mol. The summed E-state index contributed by atoms with van der Waals surface area (Å²) >= 11 is 3.38. The monoisotopic (exact) mass is 261 g/mol. The Morgan fingerprint density at radius 2 is 2.07 bits per heavy atom. The van der Waals surface area contributed by atoms with E-state index in [0.717, 1.165) is 15.9 Å². The summed E-state index contributed by atoms with van der Waals surface area (Å²) in [6.45, 7) is 0.325. The molecule has 2 aromatic rings. The first-order valence-corrected chi connectivity index (χ1v) is 5.24. The normalized spacial score (nSPS) is 9.87. The van der Waals surface area contributed by atoms with Gasteiger partial charge in [0.1, 0.15) is 12.4 Å². The molecule has 0 unspecified atom stereocenters. The summed E-state index contributed by atoms with van der Waals surface area (Å²) in [4.78, 5) is 4.23. The third kappa shape index (κ3) is 2.08. The average Bonchev–Trinajstić information content (AvgIpc) is 2.68. The maximum absolute atomic E-state index is 8.65. The highest BCUT2D eigenvalue weighted by atomic mass is 79.9. The van der Waals surface area contributed by atoms with Crippen LogP contribution in [0.15, 0.2) is 41.1 Å². The molecule has 0 bridgehead atoms. The van der Waals surface area contributed by atoms with E-state index in [1.165, 1.54) is 0 Å². The molecular weight excluding hydrogens is 254 g/mol. The zero-order valence-corrected chi connectivity index (χ0v) is 9.48. The van der Waals surface area contributed by atoms with Crippen LogP contribution in [0, 0.1) is 11.3 Å². The fraction of sp³-hybridized carbons (Fsp3) is 0.0909. The second kappa shape index (κ2) is 4.28. The Balaban J connectivity index is 2.41. The predicted octanol–water partition coefficient (Wildman–Crippen LogP) is 2.84. The van der Waals surface area contributed by atoms with Gasteiger partial charge in [0, 0.05) is 22.4 Å². The van der Waals surface area contributed by atoms with E-state index in [1.54, 1.807) is 12.4 Å². The molecule has 1 aromatic heterocycles. The van der Waals surface area contributed by atoms with E-state index in [9.17, 15) is 0 Å². The molecule has 2 rings (SSSR count). The van der Waals surface area contributed by atoms with Gasteiger partial charge in [-0.25, -0.2) is 4.98 Å². The van der Waals surface area contributed by atoms with Crippen LogP contribution >= 0.6 is 15.9 Å². The number of nitrogens with zero attached hydrogens (tertiary/aromatic N) is 3. The molecule has 74 valence electrons. The Bertz CT molecular complexity index is 493. The molecule has 0 radical (unpaired) electrons. The van der Waals surface area contributed by atoms with Crippen LogP contribution < -0.4 is 0 Å². The zero-order chi connectivity index (χ0) is 10.7. The van der Waals surface area contributed by atoms with Crippen molar-refractivity contribution in [3.05, 3.63) is 41.1 Å². The second-order valence-electron chi connectivity index (χ2n) is 3.04. The first kappa shape index (κ1) is 9.94. The van der Waals surface area contributed by atoms with Crippen molar-refractivity contribution in [2.45, 2.75) is 6.54 Å². The lowest BCUT2D eigenvalue weighted by Gasteiger charge is -2.03. The maximum Gasteiger partial charge on any atom is 0.140 e. The molecule has 0 atom stereocenters. The number of benzene rings is 1. The number of hydrogen-bond acceptors (Lipinski definition) is 2. The lowest BCUT2D eigenvalue weighted by molar-refractivity contribution is 0.841. The van der Waals surface area contributed by atoms with Gasteiger partial charge < -0.3 is 4.57 Å². The van der Waals surface area contributed by atoms with Crippen molar-refractivity contribution >= 4 is 15.9 Å². The van der Waals surface area contributed by atoms with Crippen LogP contribution in [0.1, 0.15) is 0 Å². The van der Waals surface area contributed by atoms with Crippen LogP contribution in [-0.4, -0.2) is 9.55 Å². The Labute approximate surface area is 96.1 Å². The van der Waals surface area contributed by atoms with E-state index < -0.39 is 0 Å². The molecule has 0 spiro atoms. The second-order valence-corrected chi connectivity index (χ2v) is 3.96. The van der Waals surface area contributed by atoms with Crippen LogP contribution in [0.5, 0.6) is 0 Å². The Hall–Kier alpha value is -1.60. The number of aromatic nitrogens is 2. The molecular formula is C11H8BrN3. The highest BCUT2D eigenvalue weighted by molar-refractivity contribution is 9.10. The van der Waals surface area contributed by atoms with Crippen LogP contribution in [-0.2, 0) is 6.54 Å². The van der Waals surface area contributed by atoms with E-state index >= 15 is 0 Å². The minimum absolute atomic E-state index is 0.325. The lowest BCUT2D eigenvalue weighted by Crippen LogP contribution is -1.96. The van der Waals surface area contributed by atoms with Crippen LogP contribution in [0.25, 0.3) is 11.4 Å². The molecule has 0 aliphatic rings. The van der Waals surface area contributed by atoms with Gasteiger partial charge >= 0.3 is 0 Å². The molecule has 1 aromatic carbocycles. The molecule has 0 aliphatic heterocycles. The fourth-order valence-corrected chi connectivity index (χ4v) is 1.64. The van der Waals surface area contributed by atoms with E-state index in [1.807, 2.05) is 28.8 Å². The standard InChI is InChI=1S/C11H8BrN3/c12-10-3-1-9(2-4-10)11-14-6-8-15(11)7-5-13/h1-4,6,8H,7H2. The summed E-state index contributed by atoms with van der Waals surface area (Å²) in [5.41, 5.74) is 1.01. The van der Waals surface area contributed by atoms with Crippen molar-refractivity contribution in [1.82, 2.24) is 9.55 Å². The molecule has 0 N–H and O–H groups in total. The van der Waals surface area contributed by atoms with Crippen molar-refractivity contribution in [2.24, 2.45) is 0 Å². The number of hydrogen-bond donors (Lipinski definition) is 0. The van der Waals surface area contributed by atoms with Gasteiger partial charge in [-0.05, 0) is 12.1 Å². The third-order valence-electron chi connectivity index (χ3n) is 2.06. The van der Waals surface area contributed by atoms with Crippen molar-refractivity contribution in [2.75, 3.05) is 0 Å². The minimum Gasteiger partial charge on any atom is -0.317 e. The fourth-order valence-electron chi connectivity index (χ4n) is 1.37. The zero-order valence-electron chi connectivity index (χ0n) is 7.89. The smallest absolute Gasteiger partial charge is 0.140 e. The van der Waals surface area contributed by atoms with Crippen molar-refractivity contribution in [3.8, 4) is 17.5 Å². The summed E-state index contributed by atoms with van der Waals surface area (Å²) in [5.74, 6) is 0.823. The van der Waals surface area contributed by atoms with Crippen molar-refractivity contribution in [3.63, 3.8) is 0 Å². The summed E-state index contributed by atoms with van der Waals surface area (Å²) < 4.78 is 2.85. The van der Waals surface area contributed by atoms with Gasteiger partial charge in [-0.1, -0.05) is 28.1 Å². The highest BCUT2D eigenvalue weighted by Crippen LogP contribution is 2.19. The number of halogens is 1. The summed E-state index contributed by atoms with van der Waals surface area (Å²) in [6.07, 6.45) is 3.51. The third-order valence-corrected chi connectivity index (χ3v) is 2.59. The predicted molar refractivity (Wildman–Crippen MR) is 61.0 cm³/mol. The summed E-state index contributed by atoms with van der Waals surface area (Å²) in [5, 5.41) is 8.65. The first-order valence-electron chi connectivity index (χ1n) is 4.45. The van der Waals surface area contributed by atoms with Gasteiger partial charge in [0.2, 0.25) is 0 Å². The van der Waals surface area contributed by atoms with Gasteiger partial charge in [0.05, 0.1) is 6.07 Å². The minimum atomic E-state index is 0.325. The van der Waals surface area contributed by atoms with Crippen molar-refractivity contribution < 1.29 is 0 Å². The van der Waals surface area contributed by atoms with E-state index in [4.69, 9.17) is 5.26 Å². The SMILES string of the molecule is N#CCn1ccnc1-c1ccc(Br)cc1. The molecule has 0 saturated heterocycles. The Kier molecular flexibility index (Phi) is 2.84. The number of nitriles is 1. The van der Waals surface area contributed by atoms with E-state index in [2.05, 4.69) is 27.0 Å². The Morgan fingerprint density at radius 1 is 1.33 bits per heavy atom. The van der Waals surface area contributed by atoms with E-state index in [-0.39, 0.29) is 0 Å². The van der Waals surface area contributed by atoms with E-state index in [0.29, 0.717) is 6.54 Å². The lowest BCUT2D eigenvalue weighted by atomic mass is 10.2. The molecule has 0 aliphatic carbocycles. The molecule has 0 amide bonds. The largest absolute Gasteiger partial charge is 0.317 e. The first-order chi connectivity index (χ1) is 7.31. The van der Waals surface area contributed by atoms with Gasteiger partial charge in [-0.2, -0.15) is 5.26 Å². The van der Waals surface area contributed by atoms with Crippen molar-refractivity contribution in [1.29, 1.82) is 5.26 Å². The molecule has 15 heavy (non-hydrogen) atoms. The van der Waals surface area contributed by atoms with Crippen LogP contribution in [0.4, 0.5) is 0 Å². The van der Waals surface area contributed by atoms with Crippen LogP contribution in [0.2, 0.25) is 0 Å². The maximum atomic E-state index is 8.65. The molecule has 3 nitrogen and oxygen atoms in total. The van der Waals surface area contributed by atoms with Gasteiger partial charge in [0.25, 0.3) is 0 Å². The summed E-state index contributed by atoms with van der Waals surface area (Å²) in [6, 6.07) is 9.97. The number of imidazole rings is 1. The summed E-state index contributed by atoms with van der Waals surface area (Å²) in [7, 11) is 0. The highest BCUT2D eigenvalue weighted by Gasteiger charge is 2.04. The number of rotatable bonds is 2. The van der Waals surface area contributed by atoms with Crippen LogP contribution in [0.3, 0.4) is 0 Å². The topological polar surface area (TPSA) is 41.6 Å². The van der Waals surface area contributed by atoms with Gasteiger partial charge in [-0.3, -0.25) is 0 Å². The molecule has 1 heterocycles. The van der Waals surface area contributed by atoms with Gasteiger partial charge in [-0.15, -0.1) is 0 Å². The quantitative estimate of drug-likeness (QED) is 0.835. The molecule has 4 heteroatoms.